The van der Waals surface area contributed by atoms with Gasteiger partial charge < -0.3 is 15.0 Å². The van der Waals surface area contributed by atoms with Gasteiger partial charge in [-0.3, -0.25) is 4.90 Å². The second-order valence-electron chi connectivity index (χ2n) is 8.29. The monoisotopic (exact) mass is 481 g/mol. The van der Waals surface area contributed by atoms with E-state index in [0.29, 0.717) is 5.92 Å². The highest BCUT2D eigenvalue weighted by molar-refractivity contribution is 9.10. The van der Waals surface area contributed by atoms with Crippen molar-refractivity contribution in [3.63, 3.8) is 0 Å². The van der Waals surface area contributed by atoms with Gasteiger partial charge in [0.2, 0.25) is 0 Å². The van der Waals surface area contributed by atoms with E-state index in [2.05, 4.69) is 72.4 Å². The summed E-state index contributed by atoms with van der Waals surface area (Å²) in [6, 6.07) is 12.9. The lowest BCUT2D eigenvalue weighted by atomic mass is 9.96. The molecular formula is C24H28BrN5O. The molecule has 0 bridgehead atoms. The number of halogens is 1. The summed E-state index contributed by atoms with van der Waals surface area (Å²) >= 11 is 3.67. The van der Waals surface area contributed by atoms with E-state index in [1.165, 1.54) is 24.1 Å². The highest BCUT2D eigenvalue weighted by Crippen LogP contribution is 2.45. The van der Waals surface area contributed by atoms with Crippen LogP contribution in [0.1, 0.15) is 24.3 Å². The van der Waals surface area contributed by atoms with E-state index in [9.17, 15) is 0 Å². The summed E-state index contributed by atoms with van der Waals surface area (Å²) in [4.78, 5) is 14.1. The first-order valence-electron chi connectivity index (χ1n) is 11.0. The van der Waals surface area contributed by atoms with Gasteiger partial charge in [0.05, 0.1) is 18.7 Å². The molecule has 1 N–H and O–H groups in total. The second-order valence-corrected chi connectivity index (χ2v) is 9.20. The molecule has 1 atom stereocenters. The third kappa shape index (κ3) is 4.27. The molecule has 31 heavy (non-hydrogen) atoms. The van der Waals surface area contributed by atoms with Gasteiger partial charge in [0.1, 0.15) is 12.1 Å². The fourth-order valence-corrected chi connectivity index (χ4v) is 5.11. The van der Waals surface area contributed by atoms with Crippen LogP contribution in [0.2, 0.25) is 0 Å². The summed E-state index contributed by atoms with van der Waals surface area (Å²) in [6.45, 7) is 5.94. The number of anilines is 3. The zero-order chi connectivity index (χ0) is 21.2. The number of benzene rings is 2. The lowest BCUT2D eigenvalue weighted by molar-refractivity contribution is 0.0370. The Kier molecular flexibility index (Phi) is 6.07. The van der Waals surface area contributed by atoms with Gasteiger partial charge in [0.15, 0.2) is 0 Å². The lowest BCUT2D eigenvalue weighted by Crippen LogP contribution is -2.36. The van der Waals surface area contributed by atoms with Crippen molar-refractivity contribution in [2.45, 2.75) is 18.8 Å². The molecule has 162 valence electrons. The molecule has 7 heteroatoms. The Hall–Kier alpha value is -2.22. The first-order chi connectivity index (χ1) is 15.2. The molecule has 1 fully saturated rings. The third-order valence-electron chi connectivity index (χ3n) is 6.42. The molecule has 1 unspecified atom stereocenters. The molecule has 0 spiro atoms. The normalized spacial score (nSPS) is 19.0. The highest BCUT2D eigenvalue weighted by Gasteiger charge is 2.31. The molecule has 0 saturated carbocycles. The molecule has 0 aliphatic carbocycles. The van der Waals surface area contributed by atoms with Crippen molar-refractivity contribution >= 4 is 44.0 Å². The van der Waals surface area contributed by atoms with Crippen LogP contribution in [-0.2, 0) is 4.74 Å². The number of fused-ring (bicyclic) bond motifs is 2. The number of morpholine rings is 1. The fraction of sp³-hybridized carbons (Fsp3) is 0.417. The summed E-state index contributed by atoms with van der Waals surface area (Å²) in [5.41, 5.74) is 4.71. The standard InChI is InChI=1S/C24H28BrN5O/c1-26-19-5-7-22-21(14-19)24(28-16-27-22)30-15-17(20-6-4-18(25)13-23(20)30)3-2-8-29-9-11-31-12-10-29/h4-7,13-14,16-17,26H,2-3,8-12,15H2,1H3. The Labute approximate surface area is 191 Å². The Morgan fingerprint density at radius 1 is 1.13 bits per heavy atom. The molecule has 1 saturated heterocycles. The zero-order valence-electron chi connectivity index (χ0n) is 17.9. The van der Waals surface area contributed by atoms with Gasteiger partial charge in [-0.15, -0.1) is 0 Å². The van der Waals surface area contributed by atoms with E-state index in [1.807, 2.05) is 7.05 Å². The SMILES string of the molecule is CNc1ccc2ncnc(N3CC(CCCN4CCOCC4)c4ccc(Br)cc43)c2c1. The average molecular weight is 482 g/mol. The number of aromatic nitrogens is 2. The van der Waals surface area contributed by atoms with Gasteiger partial charge >= 0.3 is 0 Å². The van der Waals surface area contributed by atoms with E-state index in [-0.39, 0.29) is 0 Å². The Balaban J connectivity index is 1.42. The molecule has 2 aromatic carbocycles. The summed E-state index contributed by atoms with van der Waals surface area (Å²) in [7, 11) is 1.94. The van der Waals surface area contributed by atoms with Crippen molar-refractivity contribution in [3.8, 4) is 0 Å². The van der Waals surface area contributed by atoms with Crippen molar-refractivity contribution in [2.75, 3.05) is 56.7 Å². The largest absolute Gasteiger partial charge is 0.388 e. The van der Waals surface area contributed by atoms with Gasteiger partial charge in [0, 0.05) is 53.8 Å². The van der Waals surface area contributed by atoms with Gasteiger partial charge in [0.25, 0.3) is 0 Å². The molecule has 0 radical (unpaired) electrons. The summed E-state index contributed by atoms with van der Waals surface area (Å²) in [5, 5.41) is 4.32. The first kappa shape index (κ1) is 20.7. The molecule has 3 heterocycles. The second kappa shape index (κ2) is 9.10. The molecule has 3 aromatic rings. The smallest absolute Gasteiger partial charge is 0.144 e. The predicted molar refractivity (Wildman–Crippen MR) is 129 cm³/mol. The average Bonchev–Trinajstić information content (AvgIpc) is 3.16. The van der Waals surface area contributed by atoms with Crippen LogP contribution in [0.15, 0.2) is 47.2 Å². The van der Waals surface area contributed by atoms with Crippen LogP contribution in [0, 0.1) is 0 Å². The van der Waals surface area contributed by atoms with Gasteiger partial charge in [-0.25, -0.2) is 9.97 Å². The van der Waals surface area contributed by atoms with Crippen molar-refractivity contribution in [1.29, 1.82) is 0 Å². The number of nitrogens with one attached hydrogen (secondary N) is 1. The van der Waals surface area contributed by atoms with Gasteiger partial charge in [-0.1, -0.05) is 22.0 Å². The lowest BCUT2D eigenvalue weighted by Gasteiger charge is -2.27. The Morgan fingerprint density at radius 2 is 2.00 bits per heavy atom. The number of ether oxygens (including phenoxy) is 1. The summed E-state index contributed by atoms with van der Waals surface area (Å²) in [6.07, 6.45) is 4.05. The molecule has 0 amide bonds. The molecule has 2 aliphatic rings. The molecule has 6 nitrogen and oxygen atoms in total. The van der Waals surface area contributed by atoms with E-state index >= 15 is 0 Å². The zero-order valence-corrected chi connectivity index (χ0v) is 19.4. The third-order valence-corrected chi connectivity index (χ3v) is 6.91. The van der Waals surface area contributed by atoms with Crippen LogP contribution in [0.4, 0.5) is 17.2 Å². The molecular weight excluding hydrogens is 454 g/mol. The minimum absolute atomic E-state index is 0.502. The van der Waals surface area contributed by atoms with Crippen LogP contribution >= 0.6 is 15.9 Å². The van der Waals surface area contributed by atoms with E-state index < -0.39 is 0 Å². The van der Waals surface area contributed by atoms with Crippen molar-refractivity contribution in [3.05, 3.63) is 52.8 Å². The van der Waals surface area contributed by atoms with Crippen LogP contribution in [0.5, 0.6) is 0 Å². The number of nitrogens with zero attached hydrogens (tertiary/aromatic N) is 4. The summed E-state index contributed by atoms with van der Waals surface area (Å²) in [5.74, 6) is 1.48. The maximum Gasteiger partial charge on any atom is 0.144 e. The van der Waals surface area contributed by atoms with E-state index in [1.54, 1.807) is 6.33 Å². The Bertz CT molecular complexity index is 1070. The molecule has 5 rings (SSSR count). The van der Waals surface area contributed by atoms with Crippen LogP contribution in [0.3, 0.4) is 0 Å². The van der Waals surface area contributed by atoms with Crippen LogP contribution in [0.25, 0.3) is 10.9 Å². The highest BCUT2D eigenvalue weighted by atomic mass is 79.9. The maximum atomic E-state index is 5.48. The quantitative estimate of drug-likeness (QED) is 0.546. The minimum Gasteiger partial charge on any atom is -0.388 e. The van der Waals surface area contributed by atoms with Gasteiger partial charge in [-0.2, -0.15) is 0 Å². The molecule has 2 aliphatic heterocycles. The first-order valence-corrected chi connectivity index (χ1v) is 11.8. The van der Waals surface area contributed by atoms with Crippen LogP contribution in [-0.4, -0.2) is 61.3 Å². The number of hydrogen-bond donors (Lipinski definition) is 1. The van der Waals surface area contributed by atoms with Gasteiger partial charge in [-0.05, 0) is 55.3 Å². The number of hydrogen-bond acceptors (Lipinski definition) is 6. The van der Waals surface area contributed by atoms with Crippen molar-refractivity contribution < 1.29 is 4.74 Å². The van der Waals surface area contributed by atoms with Crippen molar-refractivity contribution in [1.82, 2.24) is 14.9 Å². The Morgan fingerprint density at radius 3 is 2.84 bits per heavy atom. The minimum atomic E-state index is 0.502. The van der Waals surface area contributed by atoms with E-state index in [4.69, 9.17) is 9.72 Å². The van der Waals surface area contributed by atoms with E-state index in [0.717, 1.165) is 66.3 Å². The summed E-state index contributed by atoms with van der Waals surface area (Å²) < 4.78 is 6.58. The van der Waals surface area contributed by atoms with Crippen molar-refractivity contribution in [2.24, 2.45) is 0 Å². The molecule has 1 aromatic heterocycles. The topological polar surface area (TPSA) is 53.5 Å². The predicted octanol–water partition coefficient (Wildman–Crippen LogP) is 4.78. The fourth-order valence-electron chi connectivity index (χ4n) is 4.76. The van der Waals surface area contributed by atoms with Crippen LogP contribution < -0.4 is 10.2 Å². The number of rotatable bonds is 6. The maximum absolute atomic E-state index is 5.48.